The molecule has 0 saturated carbocycles. The van der Waals surface area contributed by atoms with E-state index in [1.807, 2.05) is 36.5 Å². The quantitative estimate of drug-likeness (QED) is 0.580. The minimum Gasteiger partial charge on any atom is -0.494 e. The average molecular weight is 340 g/mol. The number of hydrogen-bond donors (Lipinski definition) is 1. The highest BCUT2D eigenvalue weighted by Crippen LogP contribution is 2.28. The molecule has 0 unspecified atom stereocenters. The minimum atomic E-state index is 0.359. The monoisotopic (exact) mass is 339 g/mol. The van der Waals surface area contributed by atoms with Crippen molar-refractivity contribution >= 4 is 34.1 Å². The molecular weight excluding hydrogens is 326 g/mol. The maximum atomic E-state index is 6.14. The summed E-state index contributed by atoms with van der Waals surface area (Å²) in [7, 11) is 1.61. The highest BCUT2D eigenvalue weighted by Gasteiger charge is 2.14. The molecule has 0 fully saturated rings. The van der Waals surface area contributed by atoms with E-state index in [-0.39, 0.29) is 0 Å². The normalized spacial score (nSPS) is 11.2. The summed E-state index contributed by atoms with van der Waals surface area (Å²) in [5.74, 6) is 1.03. The van der Waals surface area contributed by atoms with Gasteiger partial charge in [0.05, 0.1) is 12.8 Å². The Morgan fingerprint density at radius 1 is 1.21 bits per heavy atom. The zero-order valence-electron chi connectivity index (χ0n) is 12.9. The third-order valence-electron chi connectivity index (χ3n) is 3.90. The van der Waals surface area contributed by atoms with Gasteiger partial charge in [0, 0.05) is 24.2 Å². The van der Waals surface area contributed by atoms with Crippen LogP contribution in [0.3, 0.4) is 0 Å². The standard InChI is InChI=1S/C17H14ClN5O/c1-24-13-6-2-5-12-14(13)22-17(19)23-9-11(21-16(12)23)8-10-4-3-7-20-15(10)18/h2-7,9H,8H2,1H3,(H2,19,22). The molecule has 7 heteroatoms. The van der Waals surface area contributed by atoms with Crippen LogP contribution in [-0.4, -0.2) is 26.5 Å². The number of benzene rings is 1. The van der Waals surface area contributed by atoms with Crippen molar-refractivity contribution in [1.29, 1.82) is 0 Å². The van der Waals surface area contributed by atoms with Crippen molar-refractivity contribution in [2.75, 3.05) is 12.8 Å². The van der Waals surface area contributed by atoms with Crippen LogP contribution in [0.4, 0.5) is 5.95 Å². The number of pyridine rings is 1. The molecular formula is C17H14ClN5O. The third-order valence-corrected chi connectivity index (χ3v) is 4.24. The van der Waals surface area contributed by atoms with Crippen molar-refractivity contribution in [2.45, 2.75) is 6.42 Å². The van der Waals surface area contributed by atoms with E-state index in [1.54, 1.807) is 17.7 Å². The molecule has 1 aromatic carbocycles. The number of halogens is 1. The minimum absolute atomic E-state index is 0.359. The number of nitrogen functional groups attached to an aromatic ring is 1. The zero-order chi connectivity index (χ0) is 16.7. The molecule has 0 saturated heterocycles. The van der Waals surface area contributed by atoms with Crippen LogP contribution < -0.4 is 10.5 Å². The number of methoxy groups -OCH3 is 1. The fourth-order valence-corrected chi connectivity index (χ4v) is 2.96. The first-order chi connectivity index (χ1) is 11.7. The molecule has 3 aromatic heterocycles. The van der Waals surface area contributed by atoms with Gasteiger partial charge in [0.15, 0.2) is 0 Å². The number of fused-ring (bicyclic) bond motifs is 3. The fourth-order valence-electron chi connectivity index (χ4n) is 2.78. The van der Waals surface area contributed by atoms with Gasteiger partial charge in [-0.25, -0.2) is 15.0 Å². The van der Waals surface area contributed by atoms with Crippen molar-refractivity contribution in [3.8, 4) is 5.75 Å². The lowest BCUT2D eigenvalue weighted by Gasteiger charge is -2.07. The Hall–Kier alpha value is -2.86. The molecule has 2 N–H and O–H groups in total. The Bertz CT molecular complexity index is 1060. The Morgan fingerprint density at radius 2 is 2.08 bits per heavy atom. The number of imidazole rings is 1. The Labute approximate surface area is 142 Å². The summed E-state index contributed by atoms with van der Waals surface area (Å²) in [6.45, 7) is 0. The molecule has 120 valence electrons. The second-order valence-electron chi connectivity index (χ2n) is 5.38. The predicted molar refractivity (Wildman–Crippen MR) is 93.5 cm³/mol. The lowest BCUT2D eigenvalue weighted by atomic mass is 10.2. The number of hydrogen-bond acceptors (Lipinski definition) is 5. The highest BCUT2D eigenvalue weighted by atomic mass is 35.5. The molecule has 0 bridgehead atoms. The van der Waals surface area contributed by atoms with Crippen LogP contribution in [0.15, 0.2) is 42.7 Å². The molecule has 0 spiro atoms. The number of nitrogens with two attached hydrogens (primary N) is 1. The van der Waals surface area contributed by atoms with E-state index in [1.165, 1.54) is 0 Å². The molecule has 0 aliphatic heterocycles. The van der Waals surface area contributed by atoms with E-state index in [2.05, 4.69) is 9.97 Å². The van der Waals surface area contributed by atoms with Gasteiger partial charge in [0.2, 0.25) is 5.95 Å². The van der Waals surface area contributed by atoms with Crippen LogP contribution in [0.1, 0.15) is 11.3 Å². The topological polar surface area (TPSA) is 78.3 Å². The molecule has 24 heavy (non-hydrogen) atoms. The summed E-state index contributed by atoms with van der Waals surface area (Å²) in [5.41, 5.74) is 9.29. The summed E-state index contributed by atoms with van der Waals surface area (Å²) in [4.78, 5) is 13.3. The van der Waals surface area contributed by atoms with Gasteiger partial charge in [-0.15, -0.1) is 0 Å². The summed E-state index contributed by atoms with van der Waals surface area (Å²) in [6, 6.07) is 9.50. The van der Waals surface area contributed by atoms with Gasteiger partial charge in [-0.3, -0.25) is 4.40 Å². The van der Waals surface area contributed by atoms with E-state index in [9.17, 15) is 0 Å². The van der Waals surface area contributed by atoms with Gasteiger partial charge in [-0.1, -0.05) is 23.7 Å². The first-order valence-electron chi connectivity index (χ1n) is 7.37. The van der Waals surface area contributed by atoms with Crippen LogP contribution in [0.25, 0.3) is 16.6 Å². The van der Waals surface area contributed by atoms with Crippen molar-refractivity contribution < 1.29 is 4.74 Å². The molecule has 0 aliphatic carbocycles. The molecule has 4 aromatic rings. The van der Waals surface area contributed by atoms with Crippen molar-refractivity contribution in [3.05, 3.63) is 59.1 Å². The summed E-state index contributed by atoms with van der Waals surface area (Å²) in [6.07, 6.45) is 4.11. The first-order valence-corrected chi connectivity index (χ1v) is 7.74. The number of anilines is 1. The number of para-hydroxylation sites is 1. The molecule has 0 radical (unpaired) electrons. The Balaban J connectivity index is 1.90. The lowest BCUT2D eigenvalue weighted by Crippen LogP contribution is -2.01. The molecule has 0 amide bonds. The summed E-state index contributed by atoms with van der Waals surface area (Å²) < 4.78 is 7.15. The smallest absolute Gasteiger partial charge is 0.206 e. The second-order valence-corrected chi connectivity index (χ2v) is 5.74. The van der Waals surface area contributed by atoms with Gasteiger partial charge >= 0.3 is 0 Å². The van der Waals surface area contributed by atoms with Gasteiger partial charge < -0.3 is 10.5 Å². The van der Waals surface area contributed by atoms with E-state index in [0.29, 0.717) is 28.8 Å². The number of ether oxygens (including phenoxy) is 1. The fraction of sp³-hybridized carbons (Fsp3) is 0.118. The second kappa shape index (κ2) is 5.65. The van der Waals surface area contributed by atoms with E-state index in [4.69, 9.17) is 27.1 Å². The molecule has 6 nitrogen and oxygen atoms in total. The average Bonchev–Trinajstić information content (AvgIpc) is 3.01. The van der Waals surface area contributed by atoms with Crippen LogP contribution in [0, 0.1) is 0 Å². The number of nitrogens with zero attached hydrogens (tertiary/aromatic N) is 4. The van der Waals surface area contributed by atoms with Crippen LogP contribution in [-0.2, 0) is 6.42 Å². The predicted octanol–water partition coefficient (Wildman–Crippen LogP) is 3.11. The van der Waals surface area contributed by atoms with E-state index < -0.39 is 0 Å². The van der Waals surface area contributed by atoms with Crippen molar-refractivity contribution in [2.24, 2.45) is 0 Å². The SMILES string of the molecule is COc1cccc2c1nc(N)n1cc(Cc3cccnc3Cl)nc21. The van der Waals surface area contributed by atoms with Gasteiger partial charge in [0.1, 0.15) is 22.1 Å². The van der Waals surface area contributed by atoms with Gasteiger partial charge in [0.25, 0.3) is 0 Å². The van der Waals surface area contributed by atoms with Gasteiger partial charge in [-0.2, -0.15) is 0 Å². The highest BCUT2D eigenvalue weighted by molar-refractivity contribution is 6.30. The van der Waals surface area contributed by atoms with Crippen molar-refractivity contribution in [3.63, 3.8) is 0 Å². The maximum absolute atomic E-state index is 6.14. The molecule has 0 aliphatic rings. The third kappa shape index (κ3) is 2.32. The first kappa shape index (κ1) is 14.7. The number of rotatable bonds is 3. The van der Waals surface area contributed by atoms with Crippen LogP contribution in [0.2, 0.25) is 5.15 Å². The molecule has 0 atom stereocenters. The van der Waals surface area contributed by atoms with E-state index in [0.717, 1.165) is 22.3 Å². The zero-order valence-corrected chi connectivity index (χ0v) is 13.7. The molecule has 3 heterocycles. The molecule has 4 rings (SSSR count). The van der Waals surface area contributed by atoms with Crippen molar-refractivity contribution in [1.82, 2.24) is 19.4 Å². The van der Waals surface area contributed by atoms with E-state index >= 15 is 0 Å². The van der Waals surface area contributed by atoms with Gasteiger partial charge in [-0.05, 0) is 23.8 Å². The largest absolute Gasteiger partial charge is 0.494 e. The summed E-state index contributed by atoms with van der Waals surface area (Å²) >= 11 is 6.14. The van der Waals surface area contributed by atoms with Crippen LogP contribution >= 0.6 is 11.6 Å². The number of aromatic nitrogens is 4. The lowest BCUT2D eigenvalue weighted by molar-refractivity contribution is 0.419. The maximum Gasteiger partial charge on any atom is 0.206 e. The van der Waals surface area contributed by atoms with Crippen LogP contribution in [0.5, 0.6) is 5.75 Å². The summed E-state index contributed by atoms with van der Waals surface area (Å²) in [5, 5.41) is 1.36. The Morgan fingerprint density at radius 3 is 2.88 bits per heavy atom. The Kier molecular flexibility index (Phi) is 3.46.